The van der Waals surface area contributed by atoms with Gasteiger partial charge in [0.2, 0.25) is 11.5 Å². The van der Waals surface area contributed by atoms with E-state index in [0.717, 1.165) is 29.7 Å². The first-order chi connectivity index (χ1) is 17.0. The summed E-state index contributed by atoms with van der Waals surface area (Å²) in [6, 6.07) is 10.1. The number of ether oxygens (including phenoxy) is 1. The van der Waals surface area contributed by atoms with Gasteiger partial charge in [-0.15, -0.1) is 0 Å². The topological polar surface area (TPSA) is 104 Å². The molecule has 0 saturated heterocycles. The molecule has 2 N–H and O–H groups in total. The van der Waals surface area contributed by atoms with Crippen LogP contribution >= 0.6 is 0 Å². The number of hydrogen-bond acceptors (Lipinski definition) is 7. The zero-order valence-electron chi connectivity index (χ0n) is 19.3. The third kappa shape index (κ3) is 3.99. The van der Waals surface area contributed by atoms with Crippen molar-refractivity contribution in [2.45, 2.75) is 19.8 Å². The van der Waals surface area contributed by atoms with Crippen LogP contribution in [-0.2, 0) is 6.42 Å². The van der Waals surface area contributed by atoms with Crippen LogP contribution in [0.3, 0.4) is 0 Å². The highest BCUT2D eigenvalue weighted by Crippen LogP contribution is 2.37. The predicted molar refractivity (Wildman–Crippen MR) is 131 cm³/mol. The molecule has 0 fully saturated rings. The van der Waals surface area contributed by atoms with Gasteiger partial charge in [0.15, 0.2) is 0 Å². The van der Waals surface area contributed by atoms with E-state index in [1.807, 2.05) is 17.0 Å². The minimum Gasteiger partial charge on any atom is -0.481 e. The lowest BCUT2D eigenvalue weighted by atomic mass is 9.99. The minimum absolute atomic E-state index is 0.0958. The van der Waals surface area contributed by atoms with Crippen molar-refractivity contribution in [3.63, 3.8) is 0 Å². The SMILES string of the molecule is COc1ccc(C#Cc2nccc3c2CCCN3c2nc(=N)n(C(C)=N)c3cccc(F)c23)cn1. The number of halogens is 1. The molecule has 0 radical (unpaired) electrons. The van der Waals surface area contributed by atoms with E-state index >= 15 is 4.39 Å². The summed E-state index contributed by atoms with van der Waals surface area (Å²) >= 11 is 0. The molecular weight excluding hydrogens is 445 g/mol. The van der Waals surface area contributed by atoms with Crippen molar-refractivity contribution in [1.29, 1.82) is 10.8 Å². The molecule has 8 nitrogen and oxygen atoms in total. The second-order valence-electron chi connectivity index (χ2n) is 8.07. The van der Waals surface area contributed by atoms with Gasteiger partial charge in [-0.25, -0.2) is 14.4 Å². The van der Waals surface area contributed by atoms with E-state index < -0.39 is 5.82 Å². The largest absolute Gasteiger partial charge is 0.481 e. The molecule has 0 unspecified atom stereocenters. The second kappa shape index (κ2) is 8.99. The smallest absolute Gasteiger partial charge is 0.230 e. The number of hydrogen-bond donors (Lipinski definition) is 2. The molecule has 4 aromatic rings. The van der Waals surface area contributed by atoms with Crippen LogP contribution in [0.2, 0.25) is 0 Å². The summed E-state index contributed by atoms with van der Waals surface area (Å²) in [6.07, 6.45) is 4.89. The Morgan fingerprint density at radius 3 is 2.74 bits per heavy atom. The average molecular weight is 468 g/mol. The molecule has 1 aliphatic heterocycles. The number of pyridine rings is 2. The number of anilines is 2. The van der Waals surface area contributed by atoms with Crippen molar-refractivity contribution < 1.29 is 9.13 Å². The molecule has 0 bridgehead atoms. The van der Waals surface area contributed by atoms with Gasteiger partial charge in [0, 0.05) is 41.8 Å². The van der Waals surface area contributed by atoms with Gasteiger partial charge in [-0.2, -0.15) is 4.98 Å². The van der Waals surface area contributed by atoms with Crippen molar-refractivity contribution in [2.75, 3.05) is 18.6 Å². The Kier molecular flexibility index (Phi) is 5.71. The first-order valence-corrected chi connectivity index (χ1v) is 11.1. The maximum atomic E-state index is 15.1. The van der Waals surface area contributed by atoms with Gasteiger partial charge in [-0.05, 0) is 50.0 Å². The Bertz CT molecular complexity index is 1580. The van der Waals surface area contributed by atoms with Gasteiger partial charge in [-0.3, -0.25) is 15.4 Å². The number of nitrogens with one attached hydrogen (secondary N) is 2. The van der Waals surface area contributed by atoms with Crippen molar-refractivity contribution in [3.05, 3.63) is 77.0 Å². The van der Waals surface area contributed by atoms with Gasteiger partial charge in [0.25, 0.3) is 0 Å². The lowest BCUT2D eigenvalue weighted by Gasteiger charge is -2.31. The zero-order valence-corrected chi connectivity index (χ0v) is 19.3. The van der Waals surface area contributed by atoms with Gasteiger partial charge in [0.1, 0.15) is 23.2 Å². The van der Waals surface area contributed by atoms with E-state index in [2.05, 4.69) is 26.8 Å². The number of methoxy groups -OCH3 is 1. The number of fused-ring (bicyclic) bond motifs is 2. The van der Waals surface area contributed by atoms with E-state index in [0.29, 0.717) is 29.5 Å². The van der Waals surface area contributed by atoms with E-state index in [9.17, 15) is 0 Å². The quantitative estimate of drug-likeness (QED) is 0.265. The molecule has 0 atom stereocenters. The Labute approximate surface area is 201 Å². The second-order valence-corrected chi connectivity index (χ2v) is 8.07. The van der Waals surface area contributed by atoms with E-state index in [1.54, 1.807) is 44.6 Å². The molecule has 4 heterocycles. The van der Waals surface area contributed by atoms with Crippen LogP contribution in [0.4, 0.5) is 15.9 Å². The van der Waals surface area contributed by atoms with Crippen molar-refractivity contribution >= 4 is 28.2 Å². The summed E-state index contributed by atoms with van der Waals surface area (Å²) in [5, 5.41) is 16.8. The molecule has 3 aromatic heterocycles. The van der Waals surface area contributed by atoms with Gasteiger partial charge >= 0.3 is 0 Å². The highest BCUT2D eigenvalue weighted by Gasteiger charge is 2.25. The van der Waals surface area contributed by atoms with Gasteiger partial charge in [0.05, 0.1) is 18.0 Å². The van der Waals surface area contributed by atoms with Crippen LogP contribution < -0.4 is 15.3 Å². The van der Waals surface area contributed by atoms with Crippen LogP contribution in [-0.4, -0.2) is 39.0 Å². The average Bonchev–Trinajstić information content (AvgIpc) is 2.86. The molecule has 1 aromatic carbocycles. The number of nitrogens with zero attached hydrogens (tertiary/aromatic N) is 5. The lowest BCUT2D eigenvalue weighted by molar-refractivity contribution is 0.398. The molecule has 0 spiro atoms. The summed E-state index contributed by atoms with van der Waals surface area (Å²) in [4.78, 5) is 15.0. The van der Waals surface area contributed by atoms with E-state index in [-0.39, 0.29) is 16.8 Å². The summed E-state index contributed by atoms with van der Waals surface area (Å²) in [7, 11) is 1.56. The van der Waals surface area contributed by atoms with Gasteiger partial charge in [-0.1, -0.05) is 12.0 Å². The molecule has 0 saturated carbocycles. The monoisotopic (exact) mass is 467 g/mol. The molecule has 35 heavy (non-hydrogen) atoms. The van der Waals surface area contributed by atoms with Crippen molar-refractivity contribution in [3.8, 4) is 17.7 Å². The summed E-state index contributed by atoms with van der Waals surface area (Å²) < 4.78 is 21.6. The van der Waals surface area contributed by atoms with Crippen molar-refractivity contribution in [2.24, 2.45) is 0 Å². The highest BCUT2D eigenvalue weighted by molar-refractivity contribution is 5.98. The Morgan fingerprint density at radius 2 is 2.00 bits per heavy atom. The molecule has 5 rings (SSSR count). The van der Waals surface area contributed by atoms with E-state index in [4.69, 9.17) is 15.6 Å². The first-order valence-electron chi connectivity index (χ1n) is 11.1. The third-order valence-electron chi connectivity index (χ3n) is 5.87. The number of benzene rings is 1. The molecule has 1 aliphatic rings. The molecule has 9 heteroatoms. The Morgan fingerprint density at radius 1 is 1.14 bits per heavy atom. The van der Waals surface area contributed by atoms with Crippen molar-refractivity contribution in [1.82, 2.24) is 19.5 Å². The summed E-state index contributed by atoms with van der Waals surface area (Å²) in [6.45, 7) is 2.16. The van der Waals surface area contributed by atoms with Gasteiger partial charge < -0.3 is 9.64 Å². The number of aromatic nitrogens is 4. The third-order valence-corrected chi connectivity index (χ3v) is 5.87. The standard InChI is InChI=1S/C26H22FN7O/c1-16(28)34-22-7-3-6-19(27)24(22)25(32-26(34)29)33-14-4-5-18-20(30-13-12-21(18)33)10-8-17-9-11-23(35-2)31-15-17/h3,6-7,9,11-13,15,28-29H,4-5,14H2,1-2H3. The Balaban J connectivity index is 1.64. The van der Waals surface area contributed by atoms with Crippen LogP contribution in [0, 0.1) is 28.5 Å². The fourth-order valence-corrected chi connectivity index (χ4v) is 4.33. The maximum absolute atomic E-state index is 15.1. The molecular formula is C26H22FN7O. The first kappa shape index (κ1) is 22.2. The normalized spacial score (nSPS) is 12.6. The fraction of sp³-hybridized carbons (Fsp3) is 0.192. The lowest BCUT2D eigenvalue weighted by Crippen LogP contribution is -2.33. The Hall–Kier alpha value is -4.58. The van der Waals surface area contributed by atoms with Crippen LogP contribution in [0.25, 0.3) is 10.9 Å². The molecule has 174 valence electrons. The van der Waals surface area contributed by atoms with Crippen LogP contribution in [0.1, 0.15) is 30.2 Å². The van der Waals surface area contributed by atoms with Crippen LogP contribution in [0.5, 0.6) is 5.88 Å². The zero-order chi connectivity index (χ0) is 24.5. The van der Waals surface area contributed by atoms with E-state index in [1.165, 1.54) is 10.6 Å². The predicted octanol–water partition coefficient (Wildman–Crippen LogP) is 3.78. The fourth-order valence-electron chi connectivity index (χ4n) is 4.33. The molecule has 0 aliphatic carbocycles. The molecule has 0 amide bonds. The minimum atomic E-state index is -0.451. The highest BCUT2D eigenvalue weighted by atomic mass is 19.1. The number of rotatable bonds is 2. The summed E-state index contributed by atoms with van der Waals surface area (Å²) in [5.74, 6) is 6.77. The summed E-state index contributed by atoms with van der Waals surface area (Å²) in [5.41, 5.74) is 3.47. The van der Waals surface area contributed by atoms with Crippen LogP contribution in [0.15, 0.2) is 48.8 Å². The maximum Gasteiger partial charge on any atom is 0.230 e.